The molecule has 0 aliphatic rings. The van der Waals surface area contributed by atoms with Gasteiger partial charge < -0.3 is 19.0 Å². The number of carbonyl (C=O) groups is 1. The van der Waals surface area contributed by atoms with Gasteiger partial charge in [-0.25, -0.2) is 0 Å². The van der Waals surface area contributed by atoms with Crippen LogP contribution in [0.5, 0.6) is 5.75 Å². The standard InChI is InChI=1S/C25H30O5/c1-17-8-11-22(24(12-17)28-3)25-14-21-10-9-19(13-23(21)30-25)6-4-5-7-20(15-26)16-29-18(2)27/h8-14,20,26H,4-7,15-16H2,1-3H3. The van der Waals surface area contributed by atoms with E-state index in [2.05, 4.69) is 24.3 Å². The first-order valence-corrected chi connectivity index (χ1v) is 10.4. The summed E-state index contributed by atoms with van der Waals surface area (Å²) in [6, 6.07) is 14.5. The van der Waals surface area contributed by atoms with Crippen molar-refractivity contribution in [1.29, 1.82) is 0 Å². The van der Waals surface area contributed by atoms with Crippen LogP contribution < -0.4 is 4.74 Å². The molecular weight excluding hydrogens is 380 g/mol. The zero-order valence-electron chi connectivity index (χ0n) is 17.9. The van der Waals surface area contributed by atoms with E-state index in [0.29, 0.717) is 0 Å². The van der Waals surface area contributed by atoms with E-state index >= 15 is 0 Å². The summed E-state index contributed by atoms with van der Waals surface area (Å²) in [5.41, 5.74) is 4.18. The predicted octanol–water partition coefficient (Wildman–Crippen LogP) is 5.30. The minimum Gasteiger partial charge on any atom is -0.496 e. The number of hydrogen-bond donors (Lipinski definition) is 1. The van der Waals surface area contributed by atoms with Crippen molar-refractivity contribution in [2.24, 2.45) is 5.92 Å². The molecule has 0 aliphatic carbocycles. The molecule has 0 fully saturated rings. The van der Waals surface area contributed by atoms with Crippen molar-refractivity contribution in [3.63, 3.8) is 0 Å². The minimum atomic E-state index is -0.303. The van der Waals surface area contributed by atoms with Gasteiger partial charge in [0.2, 0.25) is 0 Å². The summed E-state index contributed by atoms with van der Waals surface area (Å²) >= 11 is 0. The van der Waals surface area contributed by atoms with Crippen LogP contribution in [0.3, 0.4) is 0 Å². The predicted molar refractivity (Wildman–Crippen MR) is 118 cm³/mol. The maximum absolute atomic E-state index is 10.9. The normalized spacial score (nSPS) is 12.1. The van der Waals surface area contributed by atoms with Gasteiger partial charge >= 0.3 is 5.97 Å². The number of fused-ring (bicyclic) bond motifs is 1. The highest BCUT2D eigenvalue weighted by Gasteiger charge is 2.13. The Kier molecular flexibility index (Phi) is 7.52. The number of carbonyl (C=O) groups excluding carboxylic acids is 1. The Labute approximate surface area is 177 Å². The van der Waals surface area contributed by atoms with E-state index in [0.717, 1.165) is 59.3 Å². The fourth-order valence-electron chi connectivity index (χ4n) is 3.59. The number of benzene rings is 2. The monoisotopic (exact) mass is 410 g/mol. The average molecular weight is 411 g/mol. The van der Waals surface area contributed by atoms with Gasteiger partial charge in [-0.05, 0) is 61.6 Å². The van der Waals surface area contributed by atoms with Crippen LogP contribution in [0.25, 0.3) is 22.3 Å². The fraction of sp³-hybridized carbons (Fsp3) is 0.400. The van der Waals surface area contributed by atoms with Crippen molar-refractivity contribution < 1.29 is 23.8 Å². The van der Waals surface area contributed by atoms with E-state index in [9.17, 15) is 9.90 Å². The molecule has 0 aliphatic heterocycles. The molecule has 0 spiro atoms. The van der Waals surface area contributed by atoms with Gasteiger partial charge in [-0.15, -0.1) is 0 Å². The lowest BCUT2D eigenvalue weighted by Crippen LogP contribution is -2.16. The Balaban J connectivity index is 1.62. The summed E-state index contributed by atoms with van der Waals surface area (Å²) in [5.74, 6) is 1.31. The van der Waals surface area contributed by atoms with Gasteiger partial charge in [-0.1, -0.05) is 24.6 Å². The summed E-state index contributed by atoms with van der Waals surface area (Å²) in [7, 11) is 1.67. The summed E-state index contributed by atoms with van der Waals surface area (Å²) < 4.78 is 16.7. The lowest BCUT2D eigenvalue weighted by Gasteiger charge is -2.13. The third-order valence-corrected chi connectivity index (χ3v) is 5.32. The summed E-state index contributed by atoms with van der Waals surface area (Å²) in [5, 5.41) is 10.5. The lowest BCUT2D eigenvalue weighted by molar-refractivity contribution is -0.142. The number of aryl methyl sites for hydroxylation is 2. The number of aliphatic hydroxyl groups is 1. The SMILES string of the molecule is COc1cc(C)ccc1-c1cc2ccc(CCCCC(CO)COC(C)=O)cc2o1. The summed E-state index contributed by atoms with van der Waals surface area (Å²) in [6.07, 6.45) is 3.74. The maximum Gasteiger partial charge on any atom is 0.302 e. The number of furan rings is 1. The first-order chi connectivity index (χ1) is 14.5. The Morgan fingerprint density at radius 3 is 2.70 bits per heavy atom. The smallest absolute Gasteiger partial charge is 0.302 e. The average Bonchev–Trinajstić information content (AvgIpc) is 3.16. The van der Waals surface area contributed by atoms with Crippen LogP contribution in [0.4, 0.5) is 0 Å². The number of ether oxygens (including phenoxy) is 2. The van der Waals surface area contributed by atoms with Gasteiger partial charge in [0.15, 0.2) is 0 Å². The molecule has 0 amide bonds. The molecule has 3 aromatic rings. The van der Waals surface area contributed by atoms with Gasteiger partial charge in [0.05, 0.1) is 19.3 Å². The zero-order valence-corrected chi connectivity index (χ0v) is 17.9. The molecule has 1 aromatic heterocycles. The topological polar surface area (TPSA) is 68.9 Å². The molecule has 2 aromatic carbocycles. The van der Waals surface area contributed by atoms with Crippen LogP contribution in [0.1, 0.15) is 37.3 Å². The van der Waals surface area contributed by atoms with E-state index in [-0.39, 0.29) is 25.1 Å². The van der Waals surface area contributed by atoms with Gasteiger partial charge in [-0.3, -0.25) is 4.79 Å². The molecule has 3 rings (SSSR count). The Hall–Kier alpha value is -2.79. The Bertz CT molecular complexity index is 988. The number of rotatable bonds is 10. The minimum absolute atomic E-state index is 0.00787. The Morgan fingerprint density at radius 1 is 1.13 bits per heavy atom. The van der Waals surface area contributed by atoms with E-state index in [1.165, 1.54) is 12.5 Å². The van der Waals surface area contributed by atoms with Crippen molar-refractivity contribution >= 4 is 16.9 Å². The first kappa shape index (κ1) is 21.9. The second-order valence-corrected chi connectivity index (χ2v) is 7.78. The van der Waals surface area contributed by atoms with Gasteiger partial charge in [0.1, 0.15) is 17.1 Å². The number of hydrogen-bond acceptors (Lipinski definition) is 5. The van der Waals surface area contributed by atoms with Gasteiger partial charge in [0.25, 0.3) is 0 Å². The molecule has 1 heterocycles. The molecule has 0 saturated heterocycles. The second-order valence-electron chi connectivity index (χ2n) is 7.78. The summed E-state index contributed by atoms with van der Waals surface area (Å²) in [6.45, 7) is 3.75. The lowest BCUT2D eigenvalue weighted by atomic mass is 10.0. The molecule has 5 nitrogen and oxygen atoms in total. The highest BCUT2D eigenvalue weighted by atomic mass is 16.5. The van der Waals surface area contributed by atoms with Crippen molar-refractivity contribution in [3.05, 3.63) is 53.6 Å². The largest absolute Gasteiger partial charge is 0.496 e. The van der Waals surface area contributed by atoms with Crippen molar-refractivity contribution in [2.45, 2.75) is 39.5 Å². The van der Waals surface area contributed by atoms with Crippen molar-refractivity contribution in [1.82, 2.24) is 0 Å². The number of esters is 1. The number of methoxy groups -OCH3 is 1. The van der Waals surface area contributed by atoms with Crippen molar-refractivity contribution in [2.75, 3.05) is 20.3 Å². The molecular formula is C25H30O5. The fourth-order valence-corrected chi connectivity index (χ4v) is 3.59. The van der Waals surface area contributed by atoms with Gasteiger partial charge in [0, 0.05) is 24.8 Å². The highest BCUT2D eigenvalue weighted by molar-refractivity contribution is 5.84. The third-order valence-electron chi connectivity index (χ3n) is 5.32. The molecule has 0 saturated carbocycles. The molecule has 1 unspecified atom stereocenters. The first-order valence-electron chi connectivity index (χ1n) is 10.4. The zero-order chi connectivity index (χ0) is 21.5. The maximum atomic E-state index is 10.9. The number of unbranched alkanes of at least 4 members (excludes halogenated alkanes) is 1. The molecule has 160 valence electrons. The van der Waals surface area contributed by atoms with Crippen LogP contribution in [-0.4, -0.2) is 31.4 Å². The van der Waals surface area contributed by atoms with Crippen LogP contribution in [0.2, 0.25) is 0 Å². The quantitative estimate of drug-likeness (QED) is 0.363. The van der Waals surface area contributed by atoms with Crippen LogP contribution in [-0.2, 0) is 16.0 Å². The van der Waals surface area contributed by atoms with Crippen LogP contribution in [0.15, 0.2) is 46.9 Å². The Morgan fingerprint density at radius 2 is 1.97 bits per heavy atom. The molecule has 0 radical (unpaired) electrons. The highest BCUT2D eigenvalue weighted by Crippen LogP contribution is 2.35. The van der Waals surface area contributed by atoms with E-state index in [1.807, 2.05) is 25.1 Å². The third kappa shape index (κ3) is 5.63. The van der Waals surface area contributed by atoms with E-state index in [4.69, 9.17) is 13.9 Å². The molecule has 30 heavy (non-hydrogen) atoms. The second kappa shape index (κ2) is 10.3. The summed E-state index contributed by atoms with van der Waals surface area (Å²) in [4.78, 5) is 10.9. The van der Waals surface area contributed by atoms with E-state index < -0.39 is 0 Å². The van der Waals surface area contributed by atoms with E-state index in [1.54, 1.807) is 7.11 Å². The molecule has 1 atom stereocenters. The van der Waals surface area contributed by atoms with Crippen molar-refractivity contribution in [3.8, 4) is 17.1 Å². The molecule has 1 N–H and O–H groups in total. The molecule has 0 bridgehead atoms. The number of aliphatic hydroxyl groups excluding tert-OH is 1. The van der Waals surface area contributed by atoms with Crippen LogP contribution in [0, 0.1) is 12.8 Å². The van der Waals surface area contributed by atoms with Gasteiger partial charge in [-0.2, -0.15) is 0 Å². The molecule has 5 heteroatoms. The van der Waals surface area contributed by atoms with Crippen LogP contribution >= 0.6 is 0 Å².